The van der Waals surface area contributed by atoms with Crippen LogP contribution in [0.3, 0.4) is 0 Å². The SMILES string of the molecule is Cc1cc(Cl)ccc1Sc1nc2c(N)ncnc2n1CCc1ccccc1F. The number of fused-ring (bicyclic) bond motifs is 1. The van der Waals surface area contributed by atoms with E-state index in [4.69, 9.17) is 17.3 Å². The van der Waals surface area contributed by atoms with Crippen molar-refractivity contribution in [1.82, 2.24) is 19.5 Å². The fraction of sp³-hybridized carbons (Fsp3) is 0.150. The maximum atomic E-state index is 14.0. The molecule has 4 aromatic rings. The van der Waals surface area contributed by atoms with Crippen molar-refractivity contribution in [2.75, 3.05) is 5.73 Å². The van der Waals surface area contributed by atoms with Crippen molar-refractivity contribution in [2.45, 2.75) is 29.9 Å². The number of benzene rings is 2. The monoisotopic (exact) mass is 413 g/mol. The molecule has 2 N–H and O–H groups in total. The fourth-order valence-corrected chi connectivity index (χ4v) is 4.18. The molecule has 0 bridgehead atoms. The van der Waals surface area contributed by atoms with Crippen LogP contribution in [0.15, 0.2) is 58.8 Å². The quantitative estimate of drug-likeness (QED) is 0.503. The lowest BCUT2D eigenvalue weighted by Gasteiger charge is -2.10. The van der Waals surface area contributed by atoms with Crippen LogP contribution in [0.2, 0.25) is 5.02 Å². The number of hydrogen-bond acceptors (Lipinski definition) is 5. The van der Waals surface area contributed by atoms with Gasteiger partial charge in [-0.15, -0.1) is 0 Å². The molecule has 0 atom stereocenters. The van der Waals surface area contributed by atoms with Crippen LogP contribution in [-0.2, 0) is 13.0 Å². The first-order valence-corrected chi connectivity index (χ1v) is 9.86. The summed E-state index contributed by atoms with van der Waals surface area (Å²) in [6.07, 6.45) is 1.93. The molecule has 0 saturated carbocycles. The van der Waals surface area contributed by atoms with Crippen molar-refractivity contribution < 1.29 is 4.39 Å². The predicted octanol–water partition coefficient (Wildman–Crippen LogP) is 4.90. The molecule has 0 amide bonds. The lowest BCUT2D eigenvalue weighted by Crippen LogP contribution is -2.05. The molecule has 4 rings (SSSR count). The van der Waals surface area contributed by atoms with Crippen molar-refractivity contribution in [3.63, 3.8) is 0 Å². The van der Waals surface area contributed by atoms with Crippen molar-refractivity contribution in [3.8, 4) is 0 Å². The van der Waals surface area contributed by atoms with Gasteiger partial charge < -0.3 is 10.3 Å². The van der Waals surface area contributed by atoms with E-state index in [1.807, 2.05) is 35.8 Å². The highest BCUT2D eigenvalue weighted by molar-refractivity contribution is 7.99. The molecular formula is C20H17ClFN5S. The van der Waals surface area contributed by atoms with E-state index in [9.17, 15) is 4.39 Å². The Balaban J connectivity index is 1.73. The minimum atomic E-state index is -0.219. The fourth-order valence-electron chi connectivity index (χ4n) is 2.97. The minimum absolute atomic E-state index is 0.219. The number of aromatic nitrogens is 4. The topological polar surface area (TPSA) is 69.6 Å². The van der Waals surface area contributed by atoms with Gasteiger partial charge >= 0.3 is 0 Å². The maximum Gasteiger partial charge on any atom is 0.175 e. The molecule has 5 nitrogen and oxygen atoms in total. The van der Waals surface area contributed by atoms with Crippen molar-refractivity contribution in [2.24, 2.45) is 0 Å². The third kappa shape index (κ3) is 3.68. The van der Waals surface area contributed by atoms with Gasteiger partial charge in [-0.25, -0.2) is 19.3 Å². The van der Waals surface area contributed by atoms with Crippen molar-refractivity contribution in [3.05, 3.63) is 70.8 Å². The van der Waals surface area contributed by atoms with Crippen molar-refractivity contribution >= 4 is 40.3 Å². The highest BCUT2D eigenvalue weighted by Gasteiger charge is 2.17. The summed E-state index contributed by atoms with van der Waals surface area (Å²) < 4.78 is 16.0. The number of nitrogens with two attached hydrogens (primary N) is 1. The standard InChI is InChI=1S/C20H17ClFN5S/c1-12-10-14(21)6-7-16(12)28-20-26-17-18(23)24-11-25-19(17)27(20)9-8-13-4-2-3-5-15(13)22/h2-7,10-11H,8-9H2,1H3,(H2,23,24,25). The van der Waals surface area contributed by atoms with E-state index in [0.717, 1.165) is 15.6 Å². The van der Waals surface area contributed by atoms with Crippen LogP contribution >= 0.6 is 23.4 Å². The number of halogens is 2. The van der Waals surface area contributed by atoms with Crippen LogP contribution in [0.5, 0.6) is 0 Å². The maximum absolute atomic E-state index is 14.0. The number of aryl methyl sites for hydroxylation is 3. The lowest BCUT2D eigenvalue weighted by molar-refractivity contribution is 0.584. The van der Waals surface area contributed by atoms with Crippen LogP contribution < -0.4 is 5.73 Å². The number of nitrogens with zero attached hydrogens (tertiary/aromatic N) is 4. The van der Waals surface area contributed by atoms with Crippen LogP contribution in [0.25, 0.3) is 11.2 Å². The van der Waals surface area contributed by atoms with E-state index in [0.29, 0.717) is 40.5 Å². The molecule has 2 aromatic heterocycles. The van der Waals surface area contributed by atoms with Gasteiger partial charge in [-0.2, -0.15) is 0 Å². The Morgan fingerprint density at radius 2 is 2.00 bits per heavy atom. The molecule has 8 heteroatoms. The smallest absolute Gasteiger partial charge is 0.175 e. The zero-order chi connectivity index (χ0) is 19.7. The zero-order valence-corrected chi connectivity index (χ0v) is 16.6. The molecular weight excluding hydrogens is 397 g/mol. The minimum Gasteiger partial charge on any atom is -0.382 e. The van der Waals surface area contributed by atoms with Gasteiger partial charge in [0.2, 0.25) is 0 Å². The van der Waals surface area contributed by atoms with E-state index in [1.165, 1.54) is 24.2 Å². The van der Waals surface area contributed by atoms with Gasteiger partial charge in [0.05, 0.1) is 0 Å². The average Bonchev–Trinajstić information content (AvgIpc) is 3.02. The molecule has 0 radical (unpaired) electrons. The first kappa shape index (κ1) is 18.7. The Morgan fingerprint density at radius 3 is 2.79 bits per heavy atom. The van der Waals surface area contributed by atoms with Crippen LogP contribution in [-0.4, -0.2) is 19.5 Å². The number of rotatable bonds is 5. The molecule has 2 heterocycles. The second-order valence-corrected chi connectivity index (χ2v) is 7.78. The van der Waals surface area contributed by atoms with Gasteiger partial charge in [0.1, 0.15) is 12.1 Å². The van der Waals surface area contributed by atoms with Gasteiger partial charge in [0, 0.05) is 16.5 Å². The summed E-state index contributed by atoms with van der Waals surface area (Å²) in [7, 11) is 0. The molecule has 28 heavy (non-hydrogen) atoms. The molecule has 142 valence electrons. The van der Waals surface area contributed by atoms with Gasteiger partial charge in [-0.1, -0.05) is 41.6 Å². The van der Waals surface area contributed by atoms with Crippen LogP contribution in [0, 0.1) is 12.7 Å². The van der Waals surface area contributed by atoms with Gasteiger partial charge in [0.15, 0.2) is 22.1 Å². The second-order valence-electron chi connectivity index (χ2n) is 6.33. The number of hydrogen-bond donors (Lipinski definition) is 1. The summed E-state index contributed by atoms with van der Waals surface area (Å²) in [6.45, 7) is 2.51. The van der Waals surface area contributed by atoms with E-state index in [-0.39, 0.29) is 5.82 Å². The highest BCUT2D eigenvalue weighted by Crippen LogP contribution is 2.33. The van der Waals surface area contributed by atoms with E-state index < -0.39 is 0 Å². The first-order valence-electron chi connectivity index (χ1n) is 8.67. The van der Waals surface area contributed by atoms with Gasteiger partial charge in [0.25, 0.3) is 0 Å². The second kappa shape index (κ2) is 7.77. The summed E-state index contributed by atoms with van der Waals surface area (Å²) in [5.41, 5.74) is 8.87. The third-order valence-electron chi connectivity index (χ3n) is 4.43. The molecule has 0 unspecified atom stereocenters. The summed E-state index contributed by atoms with van der Waals surface area (Å²) in [5, 5.41) is 1.41. The summed E-state index contributed by atoms with van der Waals surface area (Å²) in [4.78, 5) is 14.1. The number of anilines is 1. The molecule has 0 fully saturated rings. The molecule has 0 saturated heterocycles. The van der Waals surface area contributed by atoms with Crippen molar-refractivity contribution in [1.29, 1.82) is 0 Å². The van der Waals surface area contributed by atoms with Gasteiger partial charge in [-0.3, -0.25) is 0 Å². The molecule has 0 aliphatic rings. The molecule has 2 aromatic carbocycles. The predicted molar refractivity (Wildman–Crippen MR) is 110 cm³/mol. The Labute approximate surface area is 170 Å². The normalized spacial score (nSPS) is 11.2. The van der Waals surface area contributed by atoms with E-state index in [2.05, 4.69) is 15.0 Å². The number of nitrogen functional groups attached to an aromatic ring is 1. The number of imidazole rings is 1. The Morgan fingerprint density at radius 1 is 1.18 bits per heavy atom. The first-order chi connectivity index (χ1) is 13.5. The Bertz CT molecular complexity index is 1160. The summed E-state index contributed by atoms with van der Waals surface area (Å²) in [5.74, 6) is 0.105. The molecule has 0 aliphatic carbocycles. The van der Waals surface area contributed by atoms with Crippen LogP contribution in [0.4, 0.5) is 10.2 Å². The summed E-state index contributed by atoms with van der Waals surface area (Å²) in [6, 6.07) is 12.5. The highest BCUT2D eigenvalue weighted by atomic mass is 35.5. The average molecular weight is 414 g/mol. The molecule has 0 spiro atoms. The summed E-state index contributed by atoms with van der Waals surface area (Å²) >= 11 is 7.57. The Hall–Kier alpha value is -2.64. The van der Waals surface area contributed by atoms with Crippen LogP contribution in [0.1, 0.15) is 11.1 Å². The van der Waals surface area contributed by atoms with E-state index in [1.54, 1.807) is 12.1 Å². The van der Waals surface area contributed by atoms with Gasteiger partial charge in [-0.05, 0) is 48.7 Å². The molecule has 0 aliphatic heterocycles. The zero-order valence-electron chi connectivity index (χ0n) is 15.1. The largest absolute Gasteiger partial charge is 0.382 e. The lowest BCUT2D eigenvalue weighted by atomic mass is 10.1. The van der Waals surface area contributed by atoms with E-state index >= 15 is 0 Å². The third-order valence-corrected chi connectivity index (χ3v) is 5.83. The Kier molecular flexibility index (Phi) is 5.19.